The fraction of sp³-hybridized carbons (Fsp3) is 0.579. The number of carbonyl (C=O) groups excluding carboxylic acids is 1. The van der Waals surface area contributed by atoms with Gasteiger partial charge in [-0.15, -0.1) is 0 Å². The van der Waals surface area contributed by atoms with Gasteiger partial charge in [0.1, 0.15) is 0 Å². The number of rotatable bonds is 4. The number of piperazine rings is 1. The molecule has 5 nitrogen and oxygen atoms in total. The third-order valence-corrected chi connectivity index (χ3v) is 6.51. The molecule has 2 saturated heterocycles. The summed E-state index contributed by atoms with van der Waals surface area (Å²) in [6.45, 7) is 5.64. The monoisotopic (exact) mass is 358 g/mol. The van der Waals surface area contributed by atoms with Crippen molar-refractivity contribution in [1.29, 1.82) is 0 Å². The molecule has 1 N–H and O–H groups in total. The molecule has 1 aromatic heterocycles. The Balaban J connectivity index is 1.28. The number of nitrogens with zero attached hydrogens (tertiary/aromatic N) is 3. The number of piperidine rings is 1. The first-order valence-corrected chi connectivity index (χ1v) is 10.2. The highest BCUT2D eigenvalue weighted by Crippen LogP contribution is 2.29. The molecule has 2 fully saturated rings. The lowest BCUT2D eigenvalue weighted by atomic mass is 9.93. The zero-order valence-corrected chi connectivity index (χ0v) is 15.4. The average molecular weight is 359 g/mol. The Morgan fingerprint density at radius 2 is 1.92 bits per heavy atom. The summed E-state index contributed by atoms with van der Waals surface area (Å²) in [5.74, 6) is 1.07. The van der Waals surface area contributed by atoms with Crippen molar-refractivity contribution in [2.24, 2.45) is 5.92 Å². The maximum atomic E-state index is 12.5. The number of benzene rings is 1. The number of amides is 1. The number of anilines is 1. The molecule has 0 atom stereocenters. The van der Waals surface area contributed by atoms with Gasteiger partial charge >= 0.3 is 0 Å². The molecule has 2 aliphatic rings. The number of para-hydroxylation sites is 1. The second-order valence-corrected chi connectivity index (χ2v) is 8.07. The van der Waals surface area contributed by atoms with Gasteiger partial charge < -0.3 is 15.1 Å². The summed E-state index contributed by atoms with van der Waals surface area (Å²) in [5.41, 5.74) is 1.07. The van der Waals surface area contributed by atoms with Crippen molar-refractivity contribution in [3.05, 3.63) is 24.3 Å². The number of thiazole rings is 1. The molecule has 0 bridgehead atoms. The van der Waals surface area contributed by atoms with Gasteiger partial charge in [0.25, 0.3) is 0 Å². The Bertz CT molecular complexity index is 684. The number of nitrogens with one attached hydrogen (secondary N) is 1. The molecule has 25 heavy (non-hydrogen) atoms. The summed E-state index contributed by atoms with van der Waals surface area (Å²) in [6, 6.07) is 8.28. The van der Waals surface area contributed by atoms with Crippen LogP contribution in [0, 0.1) is 5.92 Å². The van der Waals surface area contributed by atoms with E-state index >= 15 is 0 Å². The molecule has 0 spiro atoms. The van der Waals surface area contributed by atoms with E-state index in [1.807, 2.05) is 11.0 Å². The number of fused-ring (bicyclic) bond motifs is 1. The largest absolute Gasteiger partial charge is 0.345 e. The third kappa shape index (κ3) is 3.96. The summed E-state index contributed by atoms with van der Waals surface area (Å²) in [4.78, 5) is 21.6. The van der Waals surface area contributed by atoms with Crippen LogP contribution in [0.5, 0.6) is 0 Å². The van der Waals surface area contributed by atoms with E-state index in [2.05, 4.69) is 28.4 Å². The topological polar surface area (TPSA) is 48.5 Å². The van der Waals surface area contributed by atoms with Crippen molar-refractivity contribution in [2.45, 2.75) is 25.7 Å². The molecule has 1 aromatic carbocycles. The molecule has 0 saturated carbocycles. The molecule has 4 rings (SSSR count). The van der Waals surface area contributed by atoms with E-state index in [4.69, 9.17) is 4.98 Å². The highest BCUT2D eigenvalue weighted by atomic mass is 32.1. The van der Waals surface area contributed by atoms with Gasteiger partial charge in [-0.25, -0.2) is 4.98 Å². The van der Waals surface area contributed by atoms with Crippen molar-refractivity contribution in [3.63, 3.8) is 0 Å². The SMILES string of the molecule is O=C(CCC1CCNCC1)N1CCN(c2nc3ccccc3s2)CC1. The summed E-state index contributed by atoms with van der Waals surface area (Å²) >= 11 is 1.75. The van der Waals surface area contributed by atoms with Gasteiger partial charge in [-0.1, -0.05) is 23.5 Å². The van der Waals surface area contributed by atoms with Gasteiger partial charge in [-0.3, -0.25) is 4.79 Å². The van der Waals surface area contributed by atoms with Gasteiger partial charge in [0, 0.05) is 32.6 Å². The summed E-state index contributed by atoms with van der Waals surface area (Å²) < 4.78 is 1.23. The first-order chi connectivity index (χ1) is 12.3. The number of aromatic nitrogens is 1. The highest BCUT2D eigenvalue weighted by Gasteiger charge is 2.24. The standard InChI is InChI=1S/C19H26N4OS/c24-18(6-5-15-7-9-20-10-8-15)22-11-13-23(14-12-22)19-21-16-3-1-2-4-17(16)25-19/h1-4,15,20H,5-14H2. The van der Waals surface area contributed by atoms with Gasteiger partial charge in [-0.05, 0) is 50.4 Å². The van der Waals surface area contributed by atoms with E-state index in [1.54, 1.807) is 11.3 Å². The zero-order valence-electron chi connectivity index (χ0n) is 14.6. The average Bonchev–Trinajstić information content (AvgIpc) is 3.11. The lowest BCUT2D eigenvalue weighted by Gasteiger charge is -2.35. The first kappa shape index (κ1) is 16.8. The van der Waals surface area contributed by atoms with E-state index in [0.717, 1.165) is 62.3 Å². The van der Waals surface area contributed by atoms with Crippen LogP contribution < -0.4 is 10.2 Å². The molecular weight excluding hydrogens is 332 g/mol. The van der Waals surface area contributed by atoms with Gasteiger partial charge in [-0.2, -0.15) is 0 Å². The predicted octanol–water partition coefficient (Wildman–Crippen LogP) is 2.72. The van der Waals surface area contributed by atoms with Crippen molar-refractivity contribution in [2.75, 3.05) is 44.2 Å². The Hall–Kier alpha value is -1.66. The number of hydrogen-bond acceptors (Lipinski definition) is 5. The summed E-state index contributed by atoms with van der Waals surface area (Å²) in [7, 11) is 0. The van der Waals surface area contributed by atoms with Crippen LogP contribution in [-0.4, -0.2) is 55.1 Å². The van der Waals surface area contributed by atoms with Crippen molar-refractivity contribution >= 4 is 32.6 Å². The quantitative estimate of drug-likeness (QED) is 0.913. The molecule has 134 valence electrons. The zero-order chi connectivity index (χ0) is 17.1. The molecule has 0 aliphatic carbocycles. The van der Waals surface area contributed by atoms with Crippen LogP contribution in [0.25, 0.3) is 10.2 Å². The van der Waals surface area contributed by atoms with Gasteiger partial charge in [0.2, 0.25) is 5.91 Å². The maximum Gasteiger partial charge on any atom is 0.222 e. The minimum atomic E-state index is 0.336. The Morgan fingerprint density at radius 3 is 2.68 bits per heavy atom. The van der Waals surface area contributed by atoms with Gasteiger partial charge in [0.15, 0.2) is 5.13 Å². The van der Waals surface area contributed by atoms with Crippen LogP contribution in [0.1, 0.15) is 25.7 Å². The van der Waals surface area contributed by atoms with E-state index in [9.17, 15) is 4.79 Å². The van der Waals surface area contributed by atoms with E-state index in [1.165, 1.54) is 17.5 Å². The van der Waals surface area contributed by atoms with Crippen LogP contribution in [0.15, 0.2) is 24.3 Å². The maximum absolute atomic E-state index is 12.5. The fourth-order valence-corrected chi connectivity index (χ4v) is 4.82. The Kier molecular flexibility index (Phi) is 5.17. The fourth-order valence-electron chi connectivity index (χ4n) is 3.80. The molecule has 6 heteroatoms. The number of carbonyl (C=O) groups is 1. The van der Waals surface area contributed by atoms with Crippen LogP contribution in [0.4, 0.5) is 5.13 Å². The normalized spacial score (nSPS) is 19.5. The molecule has 2 aliphatic heterocycles. The van der Waals surface area contributed by atoms with E-state index in [0.29, 0.717) is 12.3 Å². The summed E-state index contributed by atoms with van der Waals surface area (Å²) in [6.07, 6.45) is 4.21. The minimum Gasteiger partial charge on any atom is -0.345 e. The predicted molar refractivity (Wildman–Crippen MR) is 103 cm³/mol. The second kappa shape index (κ2) is 7.70. The number of hydrogen-bond donors (Lipinski definition) is 1. The Labute approximate surface area is 153 Å². The van der Waals surface area contributed by atoms with Crippen LogP contribution in [0.2, 0.25) is 0 Å². The molecule has 0 unspecified atom stereocenters. The van der Waals surface area contributed by atoms with Crippen molar-refractivity contribution in [3.8, 4) is 0 Å². The van der Waals surface area contributed by atoms with E-state index < -0.39 is 0 Å². The Morgan fingerprint density at radius 1 is 1.16 bits per heavy atom. The van der Waals surface area contributed by atoms with Crippen molar-refractivity contribution in [1.82, 2.24) is 15.2 Å². The highest BCUT2D eigenvalue weighted by molar-refractivity contribution is 7.22. The van der Waals surface area contributed by atoms with Crippen LogP contribution >= 0.6 is 11.3 Å². The van der Waals surface area contributed by atoms with Gasteiger partial charge in [0.05, 0.1) is 10.2 Å². The lowest BCUT2D eigenvalue weighted by Crippen LogP contribution is -2.48. The smallest absolute Gasteiger partial charge is 0.222 e. The molecular formula is C19H26N4OS. The van der Waals surface area contributed by atoms with E-state index in [-0.39, 0.29) is 0 Å². The molecule has 3 heterocycles. The van der Waals surface area contributed by atoms with Crippen LogP contribution in [-0.2, 0) is 4.79 Å². The summed E-state index contributed by atoms with van der Waals surface area (Å²) in [5, 5.41) is 4.48. The van der Waals surface area contributed by atoms with Crippen molar-refractivity contribution < 1.29 is 4.79 Å². The third-order valence-electron chi connectivity index (χ3n) is 5.41. The lowest BCUT2D eigenvalue weighted by molar-refractivity contribution is -0.131. The minimum absolute atomic E-state index is 0.336. The second-order valence-electron chi connectivity index (χ2n) is 7.06. The molecule has 1 amide bonds. The van der Waals surface area contributed by atoms with Crippen LogP contribution in [0.3, 0.4) is 0 Å². The molecule has 0 radical (unpaired) electrons. The molecule has 2 aromatic rings. The first-order valence-electron chi connectivity index (χ1n) is 9.38.